The third-order valence-corrected chi connectivity index (χ3v) is 1.04. The fourth-order valence-corrected chi connectivity index (χ4v) is 0.482. The molecule has 13 heavy (non-hydrogen) atoms. The van der Waals surface area contributed by atoms with Gasteiger partial charge in [-0.05, 0) is 6.92 Å². The van der Waals surface area contributed by atoms with Gasteiger partial charge in [0.2, 0.25) is 0 Å². The Kier molecular flexibility index (Phi) is 5.29. The van der Waals surface area contributed by atoms with E-state index < -0.39 is 18.1 Å². The average molecular weight is 188 g/mol. The van der Waals surface area contributed by atoms with E-state index >= 15 is 0 Å². The number of ether oxygens (including phenoxy) is 1. The van der Waals surface area contributed by atoms with Crippen LogP contribution in [0.5, 0.6) is 0 Å². The Morgan fingerprint density at radius 1 is 1.69 bits per heavy atom. The molecule has 3 N–H and O–H groups in total. The summed E-state index contributed by atoms with van der Waals surface area (Å²) in [4.78, 5) is 25.8. The number of nitrogens with one attached hydrogen (secondary N) is 1. The second kappa shape index (κ2) is 6.01. The number of nitrogens with two attached hydrogens (primary N) is 1. The molecule has 0 spiro atoms. The molecule has 0 saturated heterocycles. The molecule has 6 heteroatoms. The Bertz CT molecular complexity index is 205. The molecule has 0 saturated carbocycles. The summed E-state index contributed by atoms with van der Waals surface area (Å²) in [5.74, 6) is -0.583. The van der Waals surface area contributed by atoms with Crippen molar-refractivity contribution in [3.63, 3.8) is 0 Å². The highest BCUT2D eigenvalue weighted by molar-refractivity contribution is 5.81. The zero-order valence-electron chi connectivity index (χ0n) is 7.28. The van der Waals surface area contributed by atoms with Crippen LogP contribution in [0.15, 0.2) is 12.7 Å². The van der Waals surface area contributed by atoms with Crippen LogP contribution < -0.4 is 11.2 Å². The summed E-state index contributed by atoms with van der Waals surface area (Å²) >= 11 is 0. The largest absolute Gasteiger partial charge is 0.436 e. The number of primary amides is 1. The first kappa shape index (κ1) is 11.4. The van der Waals surface area contributed by atoms with Gasteiger partial charge in [0.1, 0.15) is 0 Å². The van der Waals surface area contributed by atoms with Crippen molar-refractivity contribution in [2.45, 2.75) is 13.0 Å². The highest BCUT2D eigenvalue weighted by atomic mass is 16.7. The number of hydrogen-bond acceptors (Lipinski definition) is 4. The number of rotatable bonds is 5. The van der Waals surface area contributed by atoms with Crippen LogP contribution in [0.3, 0.4) is 0 Å². The number of hydrogen-bond donors (Lipinski definition) is 2. The molecule has 0 aliphatic carbocycles. The lowest BCUT2D eigenvalue weighted by Gasteiger charge is -2.10. The van der Waals surface area contributed by atoms with Crippen LogP contribution in [0.25, 0.3) is 0 Å². The summed E-state index contributed by atoms with van der Waals surface area (Å²) in [6, 6.07) is 0. The zero-order chi connectivity index (χ0) is 10.3. The van der Waals surface area contributed by atoms with Gasteiger partial charge in [0.05, 0.1) is 6.61 Å². The van der Waals surface area contributed by atoms with Crippen LogP contribution in [0, 0.1) is 0 Å². The molecular weight excluding hydrogens is 176 g/mol. The summed E-state index contributed by atoms with van der Waals surface area (Å²) in [6.45, 7) is 4.92. The van der Waals surface area contributed by atoms with Crippen molar-refractivity contribution in [1.29, 1.82) is 0 Å². The molecular formula is C7H12N2O4. The summed E-state index contributed by atoms with van der Waals surface area (Å²) < 4.78 is 4.36. The highest BCUT2D eigenvalue weighted by Gasteiger charge is 2.15. The molecule has 0 heterocycles. The fraction of sp³-hybridized carbons (Fsp3) is 0.429. The van der Waals surface area contributed by atoms with E-state index in [1.165, 1.54) is 13.0 Å². The monoisotopic (exact) mass is 188 g/mol. The topological polar surface area (TPSA) is 90.7 Å². The van der Waals surface area contributed by atoms with Gasteiger partial charge in [-0.1, -0.05) is 6.08 Å². The van der Waals surface area contributed by atoms with E-state index in [9.17, 15) is 9.59 Å². The molecule has 74 valence electrons. The van der Waals surface area contributed by atoms with Gasteiger partial charge in [0, 0.05) is 0 Å². The lowest BCUT2D eigenvalue weighted by molar-refractivity contribution is -0.140. The van der Waals surface area contributed by atoms with Crippen LogP contribution in [-0.4, -0.2) is 24.7 Å². The van der Waals surface area contributed by atoms with Crippen molar-refractivity contribution in [1.82, 2.24) is 5.48 Å². The maximum atomic E-state index is 11.0. The van der Waals surface area contributed by atoms with E-state index in [1.54, 1.807) is 0 Å². The van der Waals surface area contributed by atoms with E-state index in [0.717, 1.165) is 0 Å². The van der Waals surface area contributed by atoms with Crippen LogP contribution in [-0.2, 0) is 14.4 Å². The maximum absolute atomic E-state index is 11.0. The molecule has 1 atom stereocenters. The molecule has 2 amide bonds. The van der Waals surface area contributed by atoms with Gasteiger partial charge < -0.3 is 10.5 Å². The molecule has 0 aliphatic heterocycles. The Hall–Kier alpha value is -1.56. The summed E-state index contributed by atoms with van der Waals surface area (Å²) in [7, 11) is 0. The molecule has 0 aromatic carbocycles. The van der Waals surface area contributed by atoms with E-state index in [0.29, 0.717) is 0 Å². The molecule has 0 aromatic heterocycles. The van der Waals surface area contributed by atoms with Crippen LogP contribution in [0.4, 0.5) is 4.79 Å². The van der Waals surface area contributed by atoms with Gasteiger partial charge in [-0.3, -0.25) is 9.63 Å². The van der Waals surface area contributed by atoms with Gasteiger partial charge >= 0.3 is 6.09 Å². The summed E-state index contributed by atoms with van der Waals surface area (Å²) in [5, 5.41) is 0. The van der Waals surface area contributed by atoms with Crippen molar-refractivity contribution >= 4 is 12.0 Å². The van der Waals surface area contributed by atoms with Crippen molar-refractivity contribution in [2.24, 2.45) is 5.73 Å². The minimum atomic E-state index is -1.01. The third kappa shape index (κ3) is 5.68. The predicted octanol–water partition coefficient (Wildman–Crippen LogP) is -0.296. The molecule has 0 radical (unpaired) electrons. The molecule has 0 rings (SSSR count). The highest BCUT2D eigenvalue weighted by Crippen LogP contribution is 1.89. The summed E-state index contributed by atoms with van der Waals surface area (Å²) in [5.41, 5.74) is 6.73. The molecule has 1 unspecified atom stereocenters. The minimum Gasteiger partial charge on any atom is -0.436 e. The second-order valence-corrected chi connectivity index (χ2v) is 2.15. The maximum Gasteiger partial charge on any atom is 0.405 e. The first-order valence-electron chi connectivity index (χ1n) is 3.56. The summed E-state index contributed by atoms with van der Waals surface area (Å²) in [6.07, 6.45) is -0.520. The second-order valence-electron chi connectivity index (χ2n) is 2.15. The zero-order valence-corrected chi connectivity index (χ0v) is 7.28. The number of carbonyl (C=O) groups is 2. The number of carbonyl (C=O) groups excluding carboxylic acids is 2. The number of hydroxylamine groups is 1. The van der Waals surface area contributed by atoms with Crippen LogP contribution in [0.2, 0.25) is 0 Å². The van der Waals surface area contributed by atoms with Gasteiger partial charge in [0.25, 0.3) is 5.91 Å². The van der Waals surface area contributed by atoms with Crippen LogP contribution >= 0.6 is 0 Å². The SMILES string of the molecule is C=CCONC(=O)C(C)OC(N)=O. The van der Waals surface area contributed by atoms with Crippen LogP contribution in [0.1, 0.15) is 6.92 Å². The van der Waals surface area contributed by atoms with E-state index in [1.807, 2.05) is 5.48 Å². The fourth-order valence-electron chi connectivity index (χ4n) is 0.482. The smallest absolute Gasteiger partial charge is 0.405 e. The quantitative estimate of drug-likeness (QED) is 0.352. The first-order chi connectivity index (χ1) is 6.07. The third-order valence-electron chi connectivity index (χ3n) is 1.04. The minimum absolute atomic E-state index is 0.176. The standard InChI is InChI=1S/C7H12N2O4/c1-3-4-12-9-6(10)5(2)13-7(8)11/h3,5H,1,4H2,2H3,(H2,8,11)(H,9,10). The van der Waals surface area contributed by atoms with Gasteiger partial charge in [0.15, 0.2) is 6.10 Å². The Balaban J connectivity index is 3.69. The van der Waals surface area contributed by atoms with Gasteiger partial charge in [-0.2, -0.15) is 0 Å². The van der Waals surface area contributed by atoms with Crippen molar-refractivity contribution < 1.29 is 19.2 Å². The van der Waals surface area contributed by atoms with E-state index in [4.69, 9.17) is 0 Å². The normalized spacial score (nSPS) is 11.5. The molecule has 0 bridgehead atoms. The Morgan fingerprint density at radius 3 is 2.77 bits per heavy atom. The van der Waals surface area contributed by atoms with Crippen molar-refractivity contribution in [3.8, 4) is 0 Å². The van der Waals surface area contributed by atoms with Gasteiger partial charge in [-0.15, -0.1) is 6.58 Å². The molecule has 0 aliphatic rings. The van der Waals surface area contributed by atoms with Crippen molar-refractivity contribution in [3.05, 3.63) is 12.7 Å². The molecule has 0 fully saturated rings. The van der Waals surface area contributed by atoms with E-state index in [-0.39, 0.29) is 6.61 Å². The first-order valence-corrected chi connectivity index (χ1v) is 3.56. The Morgan fingerprint density at radius 2 is 2.31 bits per heavy atom. The molecule has 6 nitrogen and oxygen atoms in total. The lowest BCUT2D eigenvalue weighted by Crippen LogP contribution is -2.37. The molecule has 0 aromatic rings. The van der Waals surface area contributed by atoms with Crippen molar-refractivity contribution in [2.75, 3.05) is 6.61 Å². The Labute approximate surface area is 75.6 Å². The average Bonchev–Trinajstić information content (AvgIpc) is 2.03. The predicted molar refractivity (Wildman–Crippen MR) is 44.4 cm³/mol. The van der Waals surface area contributed by atoms with E-state index in [2.05, 4.69) is 21.9 Å². The lowest BCUT2D eigenvalue weighted by atomic mass is 10.4. The number of amides is 2. The van der Waals surface area contributed by atoms with Gasteiger partial charge in [-0.25, -0.2) is 10.3 Å².